The average Bonchev–Trinajstić information content (AvgIpc) is 3.56. The predicted molar refractivity (Wildman–Crippen MR) is 154 cm³/mol. The van der Waals surface area contributed by atoms with E-state index in [1.54, 1.807) is 17.7 Å². The first-order valence-electron chi connectivity index (χ1n) is 14.1. The number of nitrogens with zero attached hydrogens (tertiary/aromatic N) is 5. The minimum atomic E-state index is -0.00649. The number of rotatable bonds is 12. The van der Waals surface area contributed by atoms with Crippen molar-refractivity contribution in [2.75, 3.05) is 39.8 Å². The highest BCUT2D eigenvalue weighted by Crippen LogP contribution is 2.28. The molecule has 0 radical (unpaired) electrons. The Hall–Kier alpha value is -3.19. The van der Waals surface area contributed by atoms with Crippen molar-refractivity contribution in [2.45, 2.75) is 53.4 Å². The van der Waals surface area contributed by atoms with E-state index in [-0.39, 0.29) is 5.91 Å². The van der Waals surface area contributed by atoms with E-state index in [0.29, 0.717) is 23.2 Å². The molecular formula is C31H43N5O2. The van der Waals surface area contributed by atoms with Crippen molar-refractivity contribution in [3.63, 3.8) is 0 Å². The Morgan fingerprint density at radius 2 is 1.68 bits per heavy atom. The van der Waals surface area contributed by atoms with Gasteiger partial charge in [-0.15, -0.1) is 0 Å². The van der Waals surface area contributed by atoms with Crippen molar-refractivity contribution in [3.8, 4) is 17.0 Å². The average molecular weight is 518 g/mol. The van der Waals surface area contributed by atoms with Crippen molar-refractivity contribution in [3.05, 3.63) is 53.9 Å². The molecule has 3 heterocycles. The van der Waals surface area contributed by atoms with Crippen LogP contribution in [0.3, 0.4) is 0 Å². The van der Waals surface area contributed by atoms with Gasteiger partial charge in [-0.1, -0.05) is 39.8 Å². The zero-order valence-corrected chi connectivity index (χ0v) is 23.7. The number of benzene rings is 1. The predicted octanol–water partition coefficient (Wildman–Crippen LogP) is 6.05. The fourth-order valence-electron chi connectivity index (χ4n) is 4.77. The van der Waals surface area contributed by atoms with Crippen LogP contribution in [0.25, 0.3) is 23.0 Å². The summed E-state index contributed by atoms with van der Waals surface area (Å²) in [5.74, 6) is 1.87. The van der Waals surface area contributed by atoms with E-state index in [1.807, 2.05) is 35.4 Å². The first kappa shape index (κ1) is 27.8. The quantitative estimate of drug-likeness (QED) is 0.293. The topological polar surface area (TPSA) is 63.0 Å². The molecule has 0 aliphatic carbocycles. The molecule has 1 amide bonds. The normalized spacial score (nSPS) is 14.4. The Balaban J connectivity index is 1.70. The first-order valence-corrected chi connectivity index (χ1v) is 14.1. The summed E-state index contributed by atoms with van der Waals surface area (Å²) in [7, 11) is 1.67. The molecule has 0 spiro atoms. The number of hydrogen-bond acceptors (Lipinski definition) is 5. The van der Waals surface area contributed by atoms with Gasteiger partial charge in [-0.2, -0.15) is 5.10 Å². The second-order valence-electron chi connectivity index (χ2n) is 11.1. The van der Waals surface area contributed by atoms with Gasteiger partial charge in [0.2, 0.25) is 0 Å². The summed E-state index contributed by atoms with van der Waals surface area (Å²) in [6.45, 7) is 13.5. The van der Waals surface area contributed by atoms with Gasteiger partial charge in [0.25, 0.3) is 5.91 Å². The van der Waals surface area contributed by atoms with Crippen molar-refractivity contribution in [2.24, 2.45) is 11.8 Å². The van der Waals surface area contributed by atoms with E-state index in [9.17, 15) is 4.79 Å². The maximum atomic E-state index is 13.7. The second-order valence-corrected chi connectivity index (χ2v) is 11.1. The standard InChI is InChI=1S/C31H43N5O2/c1-23(2)14-20-35(21-15-24(3)4)31(37)28-16-22-36-30(32-28)27(9-8-19-34-17-6-7-18-34)29(33-36)25-10-12-26(38-5)13-11-25/h8-13,16,22-24H,6-7,14-15,17-21H2,1-5H3. The number of hydrogen-bond donors (Lipinski definition) is 0. The molecule has 204 valence electrons. The molecule has 3 aromatic rings. The van der Waals surface area contributed by atoms with Crippen LogP contribution in [0.5, 0.6) is 5.75 Å². The minimum absolute atomic E-state index is 0.00649. The van der Waals surface area contributed by atoms with Crippen molar-refractivity contribution < 1.29 is 9.53 Å². The van der Waals surface area contributed by atoms with E-state index in [0.717, 1.165) is 68.1 Å². The van der Waals surface area contributed by atoms with Crippen LogP contribution >= 0.6 is 0 Å². The van der Waals surface area contributed by atoms with E-state index in [2.05, 4.69) is 44.7 Å². The molecule has 0 saturated carbocycles. The van der Waals surface area contributed by atoms with Crippen molar-refractivity contribution >= 4 is 17.6 Å². The van der Waals surface area contributed by atoms with E-state index >= 15 is 0 Å². The molecule has 1 aliphatic rings. The smallest absolute Gasteiger partial charge is 0.272 e. The summed E-state index contributed by atoms with van der Waals surface area (Å²) < 4.78 is 7.14. The largest absolute Gasteiger partial charge is 0.497 e. The van der Waals surface area contributed by atoms with Crippen LogP contribution in [0.2, 0.25) is 0 Å². The van der Waals surface area contributed by atoms with Crippen molar-refractivity contribution in [1.82, 2.24) is 24.4 Å². The second kappa shape index (κ2) is 13.1. The number of likely N-dealkylation sites (tertiary alicyclic amines) is 1. The molecule has 1 saturated heterocycles. The highest BCUT2D eigenvalue weighted by Gasteiger charge is 2.21. The zero-order valence-electron chi connectivity index (χ0n) is 23.7. The number of carbonyl (C=O) groups excluding carboxylic acids is 1. The van der Waals surface area contributed by atoms with Crippen LogP contribution in [-0.2, 0) is 0 Å². The van der Waals surface area contributed by atoms with Gasteiger partial charge in [-0.05, 0) is 80.9 Å². The van der Waals surface area contributed by atoms with E-state index in [4.69, 9.17) is 14.8 Å². The fraction of sp³-hybridized carbons (Fsp3) is 0.516. The highest BCUT2D eigenvalue weighted by molar-refractivity contribution is 5.93. The monoisotopic (exact) mass is 517 g/mol. The molecule has 1 aliphatic heterocycles. The fourth-order valence-corrected chi connectivity index (χ4v) is 4.77. The van der Waals surface area contributed by atoms with E-state index in [1.165, 1.54) is 12.8 Å². The van der Waals surface area contributed by atoms with E-state index < -0.39 is 0 Å². The lowest BCUT2D eigenvalue weighted by atomic mass is 10.1. The maximum absolute atomic E-state index is 13.7. The minimum Gasteiger partial charge on any atom is -0.497 e. The lowest BCUT2D eigenvalue weighted by molar-refractivity contribution is 0.0735. The van der Waals surface area contributed by atoms with Crippen molar-refractivity contribution in [1.29, 1.82) is 0 Å². The number of fused-ring (bicyclic) bond motifs is 1. The zero-order chi connectivity index (χ0) is 27.1. The highest BCUT2D eigenvalue weighted by atomic mass is 16.5. The van der Waals surface area contributed by atoms with Crippen LogP contribution in [0.15, 0.2) is 42.6 Å². The van der Waals surface area contributed by atoms with Gasteiger partial charge < -0.3 is 9.64 Å². The Kier molecular flexibility index (Phi) is 9.56. The maximum Gasteiger partial charge on any atom is 0.272 e. The van der Waals surface area contributed by atoms with Gasteiger partial charge in [0.15, 0.2) is 5.65 Å². The third kappa shape index (κ3) is 7.01. The summed E-state index contributed by atoms with van der Waals surface area (Å²) in [4.78, 5) is 23.0. The van der Waals surface area contributed by atoms with Crippen LogP contribution in [-0.4, -0.2) is 70.1 Å². The van der Waals surface area contributed by atoms with Crippen LogP contribution in [0.1, 0.15) is 69.4 Å². The molecule has 0 atom stereocenters. The molecule has 0 bridgehead atoms. The summed E-state index contributed by atoms with van der Waals surface area (Å²) in [5.41, 5.74) is 3.94. The molecule has 2 aromatic heterocycles. The third-order valence-corrected chi connectivity index (χ3v) is 7.19. The molecule has 7 heteroatoms. The van der Waals surface area contributed by atoms with Crippen LogP contribution in [0, 0.1) is 11.8 Å². The summed E-state index contributed by atoms with van der Waals surface area (Å²) in [5, 5.41) is 4.88. The van der Waals surface area contributed by atoms with Crippen LogP contribution < -0.4 is 4.74 Å². The van der Waals surface area contributed by atoms with Gasteiger partial charge in [-0.25, -0.2) is 9.50 Å². The Bertz CT molecular complexity index is 1210. The molecule has 0 unspecified atom stereocenters. The Morgan fingerprint density at radius 3 is 2.29 bits per heavy atom. The summed E-state index contributed by atoms with van der Waals surface area (Å²) in [6.07, 6.45) is 10.7. The van der Waals surface area contributed by atoms with Gasteiger partial charge >= 0.3 is 0 Å². The third-order valence-electron chi connectivity index (χ3n) is 7.19. The van der Waals surface area contributed by atoms with Crippen LogP contribution in [0.4, 0.5) is 0 Å². The molecule has 1 aromatic carbocycles. The number of methoxy groups -OCH3 is 1. The molecule has 4 rings (SSSR count). The lowest BCUT2D eigenvalue weighted by Crippen LogP contribution is -2.34. The molecule has 0 N–H and O–H groups in total. The van der Waals surface area contributed by atoms with Gasteiger partial charge in [0.05, 0.1) is 7.11 Å². The Morgan fingerprint density at radius 1 is 1.03 bits per heavy atom. The molecular weight excluding hydrogens is 474 g/mol. The molecule has 38 heavy (non-hydrogen) atoms. The Labute approximate surface area is 227 Å². The molecule has 1 fully saturated rings. The van der Waals surface area contributed by atoms with Gasteiger partial charge in [0, 0.05) is 37.0 Å². The lowest BCUT2D eigenvalue weighted by Gasteiger charge is -2.24. The van der Waals surface area contributed by atoms with Gasteiger partial charge in [-0.3, -0.25) is 9.69 Å². The summed E-state index contributed by atoms with van der Waals surface area (Å²) >= 11 is 0. The summed E-state index contributed by atoms with van der Waals surface area (Å²) in [6, 6.07) is 9.73. The number of ether oxygens (including phenoxy) is 1. The molecule has 7 nitrogen and oxygen atoms in total. The number of carbonyl (C=O) groups is 1. The first-order chi connectivity index (χ1) is 18.4. The number of aromatic nitrogens is 3. The van der Waals surface area contributed by atoms with Gasteiger partial charge in [0.1, 0.15) is 17.1 Å². The number of amides is 1. The SMILES string of the molecule is COc1ccc(-c2nn3ccc(C(=O)N(CCC(C)C)CCC(C)C)nc3c2C=CCN2CCCC2)cc1.